The van der Waals surface area contributed by atoms with Crippen LogP contribution in [0.4, 0.5) is 11.4 Å². The number of benzene rings is 1. The van der Waals surface area contributed by atoms with Gasteiger partial charge in [0.1, 0.15) is 5.15 Å². The molecule has 1 aromatic carbocycles. The van der Waals surface area contributed by atoms with Crippen molar-refractivity contribution >= 4 is 23.0 Å². The standard InChI is InChI=1S/C16H20ClN3/c1-11-9-14(10-18-16(11)17)19-12(2)13-5-7-15(8-6-13)20(3)4/h5-10,12,19H,1-4H3. The van der Waals surface area contributed by atoms with Crippen LogP contribution in [0.2, 0.25) is 5.15 Å². The third-order valence-electron chi connectivity index (χ3n) is 3.31. The summed E-state index contributed by atoms with van der Waals surface area (Å²) in [7, 11) is 4.08. The highest BCUT2D eigenvalue weighted by atomic mass is 35.5. The summed E-state index contributed by atoms with van der Waals surface area (Å²) in [6.07, 6.45) is 1.76. The Labute approximate surface area is 125 Å². The van der Waals surface area contributed by atoms with Crippen molar-refractivity contribution in [2.75, 3.05) is 24.3 Å². The minimum Gasteiger partial charge on any atom is -0.378 e. The van der Waals surface area contributed by atoms with E-state index in [-0.39, 0.29) is 6.04 Å². The normalized spacial score (nSPS) is 12.1. The molecule has 0 bridgehead atoms. The number of aryl methyl sites for hydroxylation is 1. The van der Waals surface area contributed by atoms with Crippen LogP contribution in [0.5, 0.6) is 0 Å². The summed E-state index contributed by atoms with van der Waals surface area (Å²) >= 11 is 5.94. The predicted molar refractivity (Wildman–Crippen MR) is 86.8 cm³/mol. The number of hydrogen-bond acceptors (Lipinski definition) is 3. The zero-order valence-corrected chi connectivity index (χ0v) is 13.1. The Bertz CT molecular complexity index is 579. The molecule has 2 rings (SSSR count). The third kappa shape index (κ3) is 3.42. The fourth-order valence-electron chi connectivity index (χ4n) is 2.03. The fraction of sp³-hybridized carbons (Fsp3) is 0.312. The first-order valence-corrected chi connectivity index (χ1v) is 7.01. The summed E-state index contributed by atoms with van der Waals surface area (Å²) in [5.74, 6) is 0. The van der Waals surface area contributed by atoms with Crippen LogP contribution in [0.3, 0.4) is 0 Å². The number of nitrogens with zero attached hydrogens (tertiary/aromatic N) is 2. The van der Waals surface area contributed by atoms with Crippen molar-refractivity contribution in [3.05, 3.63) is 52.8 Å². The van der Waals surface area contributed by atoms with Crippen molar-refractivity contribution in [2.45, 2.75) is 19.9 Å². The monoisotopic (exact) mass is 289 g/mol. The molecule has 1 atom stereocenters. The molecule has 106 valence electrons. The van der Waals surface area contributed by atoms with Crippen molar-refractivity contribution in [1.29, 1.82) is 0 Å². The van der Waals surface area contributed by atoms with Gasteiger partial charge in [0.25, 0.3) is 0 Å². The molecule has 0 aliphatic rings. The molecule has 20 heavy (non-hydrogen) atoms. The van der Waals surface area contributed by atoms with Gasteiger partial charge in [0, 0.05) is 25.8 Å². The highest BCUT2D eigenvalue weighted by Gasteiger charge is 2.07. The van der Waals surface area contributed by atoms with Crippen molar-refractivity contribution in [3.63, 3.8) is 0 Å². The van der Waals surface area contributed by atoms with Gasteiger partial charge in [0.15, 0.2) is 0 Å². The molecule has 4 heteroatoms. The van der Waals surface area contributed by atoms with Gasteiger partial charge in [-0.2, -0.15) is 0 Å². The summed E-state index contributed by atoms with van der Waals surface area (Å²) in [5, 5.41) is 3.99. The van der Waals surface area contributed by atoms with Crippen LogP contribution in [0.15, 0.2) is 36.5 Å². The maximum Gasteiger partial charge on any atom is 0.132 e. The zero-order valence-electron chi connectivity index (χ0n) is 12.3. The molecule has 1 N–H and O–H groups in total. The second-order valence-corrected chi connectivity index (χ2v) is 5.54. The number of rotatable bonds is 4. The van der Waals surface area contributed by atoms with Gasteiger partial charge in [-0.3, -0.25) is 0 Å². The lowest BCUT2D eigenvalue weighted by molar-refractivity contribution is 0.881. The van der Waals surface area contributed by atoms with E-state index in [1.165, 1.54) is 11.3 Å². The minimum atomic E-state index is 0.216. The molecular weight excluding hydrogens is 270 g/mol. The van der Waals surface area contributed by atoms with Crippen LogP contribution in [-0.4, -0.2) is 19.1 Å². The third-order valence-corrected chi connectivity index (χ3v) is 3.70. The summed E-state index contributed by atoms with van der Waals surface area (Å²) in [6, 6.07) is 10.8. The molecule has 0 aliphatic carbocycles. The van der Waals surface area contributed by atoms with Gasteiger partial charge in [0.05, 0.1) is 11.9 Å². The van der Waals surface area contributed by atoms with E-state index in [4.69, 9.17) is 11.6 Å². The second kappa shape index (κ2) is 6.14. The smallest absolute Gasteiger partial charge is 0.132 e. The van der Waals surface area contributed by atoms with Crippen molar-refractivity contribution in [3.8, 4) is 0 Å². The van der Waals surface area contributed by atoms with E-state index in [1.807, 2.05) is 27.1 Å². The van der Waals surface area contributed by atoms with Crippen molar-refractivity contribution in [2.24, 2.45) is 0 Å². The molecule has 1 aromatic heterocycles. The Hall–Kier alpha value is -1.74. The van der Waals surface area contributed by atoms with Crippen LogP contribution in [-0.2, 0) is 0 Å². The summed E-state index contributed by atoms with van der Waals surface area (Å²) in [4.78, 5) is 6.25. The Morgan fingerprint density at radius 2 is 1.85 bits per heavy atom. The lowest BCUT2D eigenvalue weighted by Gasteiger charge is -2.18. The van der Waals surface area contributed by atoms with Crippen LogP contribution < -0.4 is 10.2 Å². The molecule has 0 fully saturated rings. The first kappa shape index (κ1) is 14.7. The minimum absolute atomic E-state index is 0.216. The largest absolute Gasteiger partial charge is 0.378 e. The van der Waals surface area contributed by atoms with E-state index in [2.05, 4.69) is 46.4 Å². The van der Waals surface area contributed by atoms with Gasteiger partial charge in [-0.1, -0.05) is 23.7 Å². The first-order valence-electron chi connectivity index (χ1n) is 6.63. The molecule has 0 saturated carbocycles. The molecule has 1 heterocycles. The number of halogens is 1. The van der Waals surface area contributed by atoms with Gasteiger partial charge >= 0.3 is 0 Å². The highest BCUT2D eigenvalue weighted by Crippen LogP contribution is 2.23. The number of anilines is 2. The van der Waals surface area contributed by atoms with Crippen LogP contribution in [0.25, 0.3) is 0 Å². The molecule has 1 unspecified atom stereocenters. The SMILES string of the molecule is Cc1cc(NC(C)c2ccc(N(C)C)cc2)cnc1Cl. The number of pyridine rings is 1. The van der Waals surface area contributed by atoms with Crippen molar-refractivity contribution in [1.82, 2.24) is 4.98 Å². The zero-order chi connectivity index (χ0) is 14.7. The van der Waals surface area contributed by atoms with E-state index in [0.29, 0.717) is 5.15 Å². The molecule has 0 spiro atoms. The van der Waals surface area contributed by atoms with E-state index < -0.39 is 0 Å². The lowest BCUT2D eigenvalue weighted by Crippen LogP contribution is -2.10. The van der Waals surface area contributed by atoms with E-state index in [0.717, 1.165) is 11.3 Å². The molecule has 0 saturated heterocycles. The average molecular weight is 290 g/mol. The van der Waals surface area contributed by atoms with Gasteiger partial charge in [-0.15, -0.1) is 0 Å². The number of hydrogen-bond donors (Lipinski definition) is 1. The van der Waals surface area contributed by atoms with Crippen LogP contribution in [0.1, 0.15) is 24.1 Å². The number of nitrogens with one attached hydrogen (secondary N) is 1. The average Bonchev–Trinajstić information content (AvgIpc) is 2.43. The Morgan fingerprint density at radius 1 is 1.20 bits per heavy atom. The molecular formula is C16H20ClN3. The highest BCUT2D eigenvalue weighted by molar-refractivity contribution is 6.30. The first-order chi connectivity index (χ1) is 9.47. The summed E-state index contributed by atoms with van der Waals surface area (Å²) in [6.45, 7) is 4.09. The summed E-state index contributed by atoms with van der Waals surface area (Å²) < 4.78 is 0. The van der Waals surface area contributed by atoms with Crippen LogP contribution >= 0.6 is 11.6 Å². The van der Waals surface area contributed by atoms with E-state index in [1.54, 1.807) is 6.20 Å². The Balaban J connectivity index is 2.10. The molecule has 0 radical (unpaired) electrons. The topological polar surface area (TPSA) is 28.2 Å². The Morgan fingerprint density at radius 3 is 2.40 bits per heavy atom. The second-order valence-electron chi connectivity index (χ2n) is 5.18. The summed E-state index contributed by atoms with van der Waals surface area (Å²) in [5.41, 5.74) is 4.40. The van der Waals surface area contributed by atoms with Crippen molar-refractivity contribution < 1.29 is 0 Å². The molecule has 0 amide bonds. The van der Waals surface area contributed by atoms with E-state index >= 15 is 0 Å². The molecule has 3 nitrogen and oxygen atoms in total. The maximum atomic E-state index is 5.94. The van der Waals surface area contributed by atoms with Crippen LogP contribution in [0, 0.1) is 6.92 Å². The van der Waals surface area contributed by atoms with Gasteiger partial charge < -0.3 is 10.2 Å². The van der Waals surface area contributed by atoms with Gasteiger partial charge in [0.2, 0.25) is 0 Å². The Kier molecular flexibility index (Phi) is 4.50. The lowest BCUT2D eigenvalue weighted by atomic mass is 10.1. The molecule has 0 aliphatic heterocycles. The number of aromatic nitrogens is 1. The maximum absolute atomic E-state index is 5.94. The molecule has 2 aromatic rings. The van der Waals surface area contributed by atoms with Gasteiger partial charge in [-0.25, -0.2) is 4.98 Å². The predicted octanol–water partition coefficient (Wildman–Crippen LogP) is 4.28. The van der Waals surface area contributed by atoms with E-state index in [9.17, 15) is 0 Å². The van der Waals surface area contributed by atoms with Gasteiger partial charge in [-0.05, 0) is 43.2 Å². The quantitative estimate of drug-likeness (QED) is 0.852. The fourth-order valence-corrected chi connectivity index (χ4v) is 2.13.